The number of alkyl carbamates (subject to hydrolysis) is 1. The van der Waals surface area contributed by atoms with Gasteiger partial charge in [0, 0.05) is 18.0 Å². The monoisotopic (exact) mass is 325 g/mol. The van der Waals surface area contributed by atoms with Crippen LogP contribution in [0.3, 0.4) is 0 Å². The molecule has 0 radical (unpaired) electrons. The van der Waals surface area contributed by atoms with Crippen LogP contribution in [0.25, 0.3) is 10.4 Å². The summed E-state index contributed by atoms with van der Waals surface area (Å²) in [6.45, 7) is 10.1. The zero-order valence-electron chi connectivity index (χ0n) is 14.6. The maximum absolute atomic E-state index is 12.7. The Balaban J connectivity index is 2.76. The van der Waals surface area contributed by atoms with Gasteiger partial charge in [-0.2, -0.15) is 0 Å². The molecular formula is C15H27N5O3. The van der Waals surface area contributed by atoms with E-state index >= 15 is 0 Å². The summed E-state index contributed by atoms with van der Waals surface area (Å²) in [6, 6.07) is -0.831. The van der Waals surface area contributed by atoms with Gasteiger partial charge in [-0.15, -0.1) is 0 Å². The molecule has 0 saturated carbocycles. The van der Waals surface area contributed by atoms with Gasteiger partial charge >= 0.3 is 6.09 Å². The number of azide groups is 1. The highest BCUT2D eigenvalue weighted by molar-refractivity contribution is 5.86. The molecule has 8 nitrogen and oxygen atoms in total. The predicted octanol–water partition coefficient (Wildman–Crippen LogP) is 2.84. The standard InChI is InChI=1S/C15H27N5O3/c1-6-10(2)12(17-14(22)23-15(3,4)5)13(21)20-8-7-11(9-20)18-19-16/h10-12H,6-9H2,1-5H3,(H,17,22)/t10-,11?,12-/m0/s1. The molecule has 23 heavy (non-hydrogen) atoms. The van der Waals surface area contributed by atoms with E-state index in [-0.39, 0.29) is 17.9 Å². The van der Waals surface area contributed by atoms with Gasteiger partial charge < -0.3 is 15.0 Å². The van der Waals surface area contributed by atoms with Crippen LogP contribution in [-0.2, 0) is 9.53 Å². The average molecular weight is 325 g/mol. The zero-order valence-corrected chi connectivity index (χ0v) is 14.6. The van der Waals surface area contributed by atoms with Gasteiger partial charge in [0.05, 0.1) is 6.04 Å². The van der Waals surface area contributed by atoms with Crippen molar-refractivity contribution in [3.05, 3.63) is 10.4 Å². The van der Waals surface area contributed by atoms with E-state index in [1.807, 2.05) is 13.8 Å². The largest absolute Gasteiger partial charge is 0.444 e. The minimum Gasteiger partial charge on any atom is -0.444 e. The molecule has 1 fully saturated rings. The third-order valence-electron chi connectivity index (χ3n) is 3.84. The summed E-state index contributed by atoms with van der Waals surface area (Å²) in [4.78, 5) is 29.2. The molecule has 1 rings (SSSR count). The lowest BCUT2D eigenvalue weighted by molar-refractivity contribution is -0.133. The molecule has 0 aromatic heterocycles. The van der Waals surface area contributed by atoms with E-state index in [1.165, 1.54) is 0 Å². The van der Waals surface area contributed by atoms with E-state index < -0.39 is 17.7 Å². The van der Waals surface area contributed by atoms with Crippen molar-refractivity contribution < 1.29 is 14.3 Å². The Morgan fingerprint density at radius 2 is 2.13 bits per heavy atom. The number of nitrogens with one attached hydrogen (secondary N) is 1. The third kappa shape index (κ3) is 5.98. The van der Waals surface area contributed by atoms with Crippen molar-refractivity contribution in [2.45, 2.75) is 65.1 Å². The summed E-state index contributed by atoms with van der Waals surface area (Å²) >= 11 is 0. The Morgan fingerprint density at radius 3 is 2.65 bits per heavy atom. The molecule has 1 heterocycles. The first-order valence-electron chi connectivity index (χ1n) is 8.00. The molecule has 1 N–H and O–H groups in total. The fourth-order valence-corrected chi connectivity index (χ4v) is 2.42. The second-order valence-electron chi connectivity index (χ2n) is 6.94. The molecule has 0 aromatic rings. The number of nitrogens with zero attached hydrogens (tertiary/aromatic N) is 4. The van der Waals surface area contributed by atoms with Crippen molar-refractivity contribution in [1.82, 2.24) is 10.2 Å². The van der Waals surface area contributed by atoms with Crippen LogP contribution in [0, 0.1) is 5.92 Å². The molecule has 1 aliphatic heterocycles. The van der Waals surface area contributed by atoms with Crippen LogP contribution in [0.1, 0.15) is 47.5 Å². The Labute approximate surface area is 137 Å². The van der Waals surface area contributed by atoms with Crippen LogP contribution in [0.4, 0.5) is 4.79 Å². The maximum atomic E-state index is 12.7. The lowest BCUT2D eigenvalue weighted by Crippen LogP contribution is -2.52. The highest BCUT2D eigenvalue weighted by atomic mass is 16.6. The maximum Gasteiger partial charge on any atom is 0.408 e. The van der Waals surface area contributed by atoms with E-state index in [1.54, 1.807) is 25.7 Å². The van der Waals surface area contributed by atoms with Crippen molar-refractivity contribution in [3.63, 3.8) is 0 Å². The van der Waals surface area contributed by atoms with Gasteiger partial charge in [-0.05, 0) is 38.6 Å². The summed E-state index contributed by atoms with van der Waals surface area (Å²) in [6.07, 6.45) is 0.803. The molecule has 130 valence electrons. The number of carbonyl (C=O) groups excluding carboxylic acids is 2. The SMILES string of the molecule is CC[C@H](C)[C@H](NC(=O)OC(C)(C)C)C(=O)N1CCC(N=[N+]=[N-])C1. The third-order valence-corrected chi connectivity index (χ3v) is 3.84. The number of hydrogen-bond acceptors (Lipinski definition) is 4. The first-order valence-corrected chi connectivity index (χ1v) is 8.00. The van der Waals surface area contributed by atoms with Crippen molar-refractivity contribution >= 4 is 12.0 Å². The van der Waals surface area contributed by atoms with E-state index in [4.69, 9.17) is 10.3 Å². The van der Waals surface area contributed by atoms with E-state index in [0.717, 1.165) is 6.42 Å². The number of ether oxygens (including phenoxy) is 1. The first-order chi connectivity index (χ1) is 10.7. The summed E-state index contributed by atoms with van der Waals surface area (Å²) in [7, 11) is 0. The van der Waals surface area contributed by atoms with Crippen LogP contribution < -0.4 is 5.32 Å². The number of hydrogen-bond donors (Lipinski definition) is 1. The molecule has 0 aliphatic carbocycles. The molecular weight excluding hydrogens is 298 g/mol. The molecule has 0 bridgehead atoms. The smallest absolute Gasteiger partial charge is 0.408 e. The quantitative estimate of drug-likeness (QED) is 0.477. The van der Waals surface area contributed by atoms with Gasteiger partial charge in [0.15, 0.2) is 0 Å². The lowest BCUT2D eigenvalue weighted by Gasteiger charge is -2.29. The van der Waals surface area contributed by atoms with Gasteiger partial charge in [0.25, 0.3) is 0 Å². The van der Waals surface area contributed by atoms with Crippen molar-refractivity contribution in [3.8, 4) is 0 Å². The van der Waals surface area contributed by atoms with E-state index in [2.05, 4.69) is 15.3 Å². The van der Waals surface area contributed by atoms with Gasteiger partial charge in [-0.25, -0.2) is 4.79 Å². The highest BCUT2D eigenvalue weighted by Gasteiger charge is 2.34. The van der Waals surface area contributed by atoms with Crippen molar-refractivity contribution in [2.24, 2.45) is 11.0 Å². The second-order valence-corrected chi connectivity index (χ2v) is 6.94. The molecule has 0 aromatic carbocycles. The zero-order chi connectivity index (χ0) is 17.6. The molecule has 0 spiro atoms. The topological polar surface area (TPSA) is 107 Å². The molecule has 1 aliphatic rings. The van der Waals surface area contributed by atoms with Crippen LogP contribution >= 0.6 is 0 Å². The number of rotatable bonds is 5. The molecule has 3 atom stereocenters. The van der Waals surface area contributed by atoms with Gasteiger partial charge in [0.1, 0.15) is 11.6 Å². The Hall–Kier alpha value is -1.95. The van der Waals surface area contributed by atoms with E-state index in [0.29, 0.717) is 19.5 Å². The van der Waals surface area contributed by atoms with E-state index in [9.17, 15) is 9.59 Å². The number of likely N-dealkylation sites (tertiary alicyclic amines) is 1. The van der Waals surface area contributed by atoms with Crippen LogP contribution in [-0.4, -0.2) is 47.7 Å². The Kier molecular flexibility index (Phi) is 6.69. The normalized spacial score (nSPS) is 20.4. The Bertz CT molecular complexity index is 482. The average Bonchev–Trinajstić information content (AvgIpc) is 2.90. The lowest BCUT2D eigenvalue weighted by atomic mass is 9.98. The Morgan fingerprint density at radius 1 is 1.48 bits per heavy atom. The minimum absolute atomic E-state index is 0.0199. The summed E-state index contributed by atoms with van der Waals surface area (Å²) in [5.41, 5.74) is 7.88. The van der Waals surface area contributed by atoms with Gasteiger partial charge in [0.2, 0.25) is 5.91 Å². The number of carbonyl (C=O) groups is 2. The van der Waals surface area contributed by atoms with Gasteiger partial charge in [-0.1, -0.05) is 25.4 Å². The van der Waals surface area contributed by atoms with Crippen molar-refractivity contribution in [1.29, 1.82) is 0 Å². The molecule has 1 saturated heterocycles. The summed E-state index contributed by atoms with van der Waals surface area (Å²) in [5.74, 6) is -0.172. The highest BCUT2D eigenvalue weighted by Crippen LogP contribution is 2.18. The molecule has 2 amide bonds. The fraction of sp³-hybridized carbons (Fsp3) is 0.867. The first kappa shape index (κ1) is 19.1. The predicted molar refractivity (Wildman–Crippen MR) is 86.7 cm³/mol. The summed E-state index contributed by atoms with van der Waals surface area (Å²) in [5, 5.41) is 6.36. The fourth-order valence-electron chi connectivity index (χ4n) is 2.42. The summed E-state index contributed by atoms with van der Waals surface area (Å²) < 4.78 is 5.25. The van der Waals surface area contributed by atoms with Gasteiger partial charge in [-0.3, -0.25) is 4.79 Å². The minimum atomic E-state index is -0.639. The van der Waals surface area contributed by atoms with Crippen LogP contribution in [0.5, 0.6) is 0 Å². The van der Waals surface area contributed by atoms with Crippen LogP contribution in [0.15, 0.2) is 5.11 Å². The van der Waals surface area contributed by atoms with Crippen LogP contribution in [0.2, 0.25) is 0 Å². The molecule has 8 heteroatoms. The second kappa shape index (κ2) is 8.06. The molecule has 1 unspecified atom stereocenters. The number of amides is 2. The van der Waals surface area contributed by atoms with Crippen molar-refractivity contribution in [2.75, 3.05) is 13.1 Å².